The van der Waals surface area contributed by atoms with Crippen molar-refractivity contribution < 1.29 is 4.79 Å². The summed E-state index contributed by atoms with van der Waals surface area (Å²) in [6, 6.07) is 15.8. The van der Waals surface area contributed by atoms with E-state index in [1.165, 1.54) is 0 Å². The Morgan fingerprint density at radius 2 is 1.93 bits per heavy atom. The zero-order valence-electron chi connectivity index (χ0n) is 17.4. The third-order valence-corrected chi connectivity index (χ3v) is 5.70. The van der Waals surface area contributed by atoms with Crippen LogP contribution >= 0.6 is 0 Å². The lowest BCUT2D eigenvalue weighted by atomic mass is 9.92. The van der Waals surface area contributed by atoms with Gasteiger partial charge in [0, 0.05) is 24.0 Å². The van der Waals surface area contributed by atoms with E-state index in [-0.39, 0.29) is 5.78 Å². The van der Waals surface area contributed by atoms with Crippen molar-refractivity contribution in [1.29, 1.82) is 5.26 Å². The molecule has 0 radical (unpaired) electrons. The van der Waals surface area contributed by atoms with E-state index in [0.717, 1.165) is 48.2 Å². The Bertz CT molecular complexity index is 1000. The quantitative estimate of drug-likeness (QED) is 0.760. The number of ketones is 1. The maximum Gasteiger partial charge on any atom is 0.155 e. The van der Waals surface area contributed by atoms with E-state index in [1.807, 2.05) is 42.3 Å². The molecule has 1 N–H and O–H groups in total. The molecule has 0 bridgehead atoms. The molecule has 0 unspecified atom stereocenters. The minimum atomic E-state index is -0.404. The Morgan fingerprint density at radius 3 is 2.59 bits per heavy atom. The Hall–Kier alpha value is -3.24. The molecular weight excluding hydrogens is 358 g/mol. The van der Waals surface area contributed by atoms with Crippen molar-refractivity contribution in [1.82, 2.24) is 0 Å². The fraction of sp³-hybridized carbons (Fsp3) is 0.360. The summed E-state index contributed by atoms with van der Waals surface area (Å²) in [5.41, 5.74) is 4.28. The molecule has 4 heteroatoms. The molecule has 29 heavy (non-hydrogen) atoms. The highest BCUT2D eigenvalue weighted by atomic mass is 16.1. The Balaban J connectivity index is 1.68. The van der Waals surface area contributed by atoms with E-state index < -0.39 is 5.54 Å². The van der Waals surface area contributed by atoms with Gasteiger partial charge < -0.3 is 10.2 Å². The van der Waals surface area contributed by atoms with Crippen LogP contribution in [-0.4, -0.2) is 24.9 Å². The maximum atomic E-state index is 12.2. The fourth-order valence-corrected chi connectivity index (χ4v) is 3.85. The number of carbonyl (C=O) groups excluding carboxylic acids is 1. The Kier molecular flexibility index (Phi) is 6.25. The Morgan fingerprint density at radius 1 is 1.17 bits per heavy atom. The van der Waals surface area contributed by atoms with Crippen molar-refractivity contribution in [3.8, 4) is 17.9 Å². The third-order valence-electron chi connectivity index (χ3n) is 5.70. The highest BCUT2D eigenvalue weighted by Crippen LogP contribution is 2.35. The molecular formula is C25H27N3O. The van der Waals surface area contributed by atoms with Gasteiger partial charge in [-0.3, -0.25) is 4.79 Å². The van der Waals surface area contributed by atoms with Crippen LogP contribution in [0.25, 0.3) is 0 Å². The van der Waals surface area contributed by atoms with Gasteiger partial charge in [0.15, 0.2) is 5.78 Å². The number of hydrogen-bond acceptors (Lipinski definition) is 4. The Labute approximate surface area is 173 Å². The number of Topliss-reactive ketones (excluding diaryl/α,β-unsaturated/α-hetero) is 1. The van der Waals surface area contributed by atoms with Crippen molar-refractivity contribution in [3.05, 3.63) is 59.2 Å². The second kappa shape index (κ2) is 8.84. The summed E-state index contributed by atoms with van der Waals surface area (Å²) in [4.78, 5) is 14.2. The van der Waals surface area contributed by atoms with Crippen molar-refractivity contribution in [2.75, 3.05) is 23.8 Å². The zero-order valence-corrected chi connectivity index (χ0v) is 17.4. The van der Waals surface area contributed by atoms with Gasteiger partial charge in [-0.15, -0.1) is 0 Å². The number of rotatable bonds is 5. The molecule has 1 aliphatic carbocycles. The van der Waals surface area contributed by atoms with Gasteiger partial charge >= 0.3 is 0 Å². The first-order chi connectivity index (χ1) is 13.9. The number of nitriles is 1. The molecule has 1 fully saturated rings. The number of benzene rings is 2. The molecule has 0 amide bonds. The topological polar surface area (TPSA) is 56.1 Å². The van der Waals surface area contributed by atoms with Crippen LogP contribution in [0.5, 0.6) is 0 Å². The van der Waals surface area contributed by atoms with Crippen LogP contribution in [0, 0.1) is 30.1 Å². The average Bonchev–Trinajstić information content (AvgIpc) is 3.20. The van der Waals surface area contributed by atoms with Crippen LogP contribution in [0.1, 0.15) is 49.3 Å². The first-order valence-corrected chi connectivity index (χ1v) is 10.0. The number of nitrogens with zero attached hydrogens (tertiary/aromatic N) is 2. The van der Waals surface area contributed by atoms with Gasteiger partial charge in [-0.1, -0.05) is 30.7 Å². The van der Waals surface area contributed by atoms with E-state index in [1.54, 1.807) is 13.0 Å². The summed E-state index contributed by atoms with van der Waals surface area (Å²) in [7, 11) is 1.96. The molecule has 3 rings (SSSR count). The van der Waals surface area contributed by atoms with Gasteiger partial charge in [0.2, 0.25) is 0 Å². The molecule has 0 aromatic heterocycles. The first kappa shape index (κ1) is 20.5. The van der Waals surface area contributed by atoms with Crippen molar-refractivity contribution in [2.24, 2.45) is 0 Å². The fourth-order valence-electron chi connectivity index (χ4n) is 3.85. The molecule has 1 aliphatic rings. The number of carbonyl (C=O) groups is 1. The minimum absolute atomic E-state index is 0.224. The van der Waals surface area contributed by atoms with Gasteiger partial charge in [-0.05, 0) is 68.7 Å². The summed E-state index contributed by atoms with van der Waals surface area (Å²) in [6.45, 7) is 4.31. The predicted octanol–water partition coefficient (Wildman–Crippen LogP) is 4.67. The molecule has 0 saturated heterocycles. The molecule has 1 saturated carbocycles. The SMILES string of the molecule is CC(=O)C1(Nc2ccc(C#CCN(C)c3cccc(C#N)c3)cc2C)CCCC1. The highest BCUT2D eigenvalue weighted by molar-refractivity contribution is 5.89. The number of nitrogens with one attached hydrogen (secondary N) is 1. The second-order valence-electron chi connectivity index (χ2n) is 7.82. The van der Waals surface area contributed by atoms with Crippen molar-refractivity contribution in [3.63, 3.8) is 0 Å². The molecule has 0 aliphatic heterocycles. The van der Waals surface area contributed by atoms with E-state index in [9.17, 15) is 4.79 Å². The third kappa shape index (κ3) is 4.79. The summed E-state index contributed by atoms with van der Waals surface area (Å²) < 4.78 is 0. The molecule has 148 valence electrons. The van der Waals surface area contributed by atoms with Crippen LogP contribution < -0.4 is 10.2 Å². The normalized spacial score (nSPS) is 14.4. The second-order valence-corrected chi connectivity index (χ2v) is 7.82. The molecule has 0 spiro atoms. The number of aryl methyl sites for hydroxylation is 1. The summed E-state index contributed by atoms with van der Waals surface area (Å²) in [5.74, 6) is 6.64. The van der Waals surface area contributed by atoms with Crippen LogP contribution in [0.4, 0.5) is 11.4 Å². The van der Waals surface area contributed by atoms with Crippen LogP contribution in [0.15, 0.2) is 42.5 Å². The molecule has 0 heterocycles. The monoisotopic (exact) mass is 385 g/mol. The predicted molar refractivity (Wildman–Crippen MR) is 118 cm³/mol. The van der Waals surface area contributed by atoms with Crippen LogP contribution in [0.2, 0.25) is 0 Å². The van der Waals surface area contributed by atoms with Crippen LogP contribution in [-0.2, 0) is 4.79 Å². The van der Waals surface area contributed by atoms with Gasteiger partial charge in [-0.2, -0.15) is 5.26 Å². The summed E-state index contributed by atoms with van der Waals surface area (Å²) in [5, 5.41) is 12.6. The highest BCUT2D eigenvalue weighted by Gasteiger charge is 2.38. The van der Waals surface area contributed by atoms with Gasteiger partial charge in [0.25, 0.3) is 0 Å². The van der Waals surface area contributed by atoms with E-state index in [0.29, 0.717) is 12.1 Å². The van der Waals surface area contributed by atoms with Gasteiger partial charge in [0.05, 0.1) is 23.7 Å². The number of hydrogen-bond donors (Lipinski definition) is 1. The van der Waals surface area contributed by atoms with Gasteiger partial charge in [-0.25, -0.2) is 0 Å². The lowest BCUT2D eigenvalue weighted by Gasteiger charge is -2.29. The minimum Gasteiger partial charge on any atom is -0.373 e. The lowest BCUT2D eigenvalue weighted by molar-refractivity contribution is -0.121. The zero-order chi connectivity index (χ0) is 20.9. The van der Waals surface area contributed by atoms with Gasteiger partial charge in [0.1, 0.15) is 0 Å². The average molecular weight is 386 g/mol. The summed E-state index contributed by atoms with van der Waals surface area (Å²) in [6.07, 6.45) is 4.01. The maximum absolute atomic E-state index is 12.2. The van der Waals surface area contributed by atoms with Crippen LogP contribution in [0.3, 0.4) is 0 Å². The first-order valence-electron chi connectivity index (χ1n) is 10.0. The van der Waals surface area contributed by atoms with Crippen molar-refractivity contribution >= 4 is 17.2 Å². The number of anilines is 2. The van der Waals surface area contributed by atoms with E-state index in [4.69, 9.17) is 5.26 Å². The molecule has 2 aromatic carbocycles. The molecule has 0 atom stereocenters. The lowest BCUT2D eigenvalue weighted by Crippen LogP contribution is -2.42. The van der Waals surface area contributed by atoms with Crippen molar-refractivity contribution in [2.45, 2.75) is 45.1 Å². The van der Waals surface area contributed by atoms with E-state index >= 15 is 0 Å². The molecule has 2 aromatic rings. The molecule has 4 nitrogen and oxygen atoms in total. The van der Waals surface area contributed by atoms with E-state index in [2.05, 4.69) is 36.2 Å². The standard InChI is InChI=1S/C25H27N3O/c1-19-16-21(9-7-15-28(3)23-10-6-8-22(17-23)18-26)11-12-24(19)27-25(20(2)29)13-4-5-14-25/h6,8,10-12,16-17,27H,4-5,13-15H2,1-3H3. The largest absolute Gasteiger partial charge is 0.373 e. The smallest absolute Gasteiger partial charge is 0.155 e. The summed E-state index contributed by atoms with van der Waals surface area (Å²) >= 11 is 0.